The average Bonchev–Trinajstić information content (AvgIpc) is 2.78. The molecule has 1 spiro atoms. The summed E-state index contributed by atoms with van der Waals surface area (Å²) in [6, 6.07) is 7.80. The summed E-state index contributed by atoms with van der Waals surface area (Å²) in [5, 5.41) is 6.80. The Morgan fingerprint density at radius 2 is 1.78 bits per heavy atom. The third-order valence-corrected chi connectivity index (χ3v) is 6.77. The molecule has 1 aliphatic heterocycles. The summed E-state index contributed by atoms with van der Waals surface area (Å²) in [5.74, 6) is -0.131. The minimum atomic E-state index is -0.385. The second-order valence-corrected chi connectivity index (χ2v) is 9.22. The molecule has 0 radical (unpaired) electrons. The Morgan fingerprint density at radius 3 is 2.41 bits per heavy atom. The van der Waals surface area contributed by atoms with Crippen molar-refractivity contribution in [3.63, 3.8) is 0 Å². The third kappa shape index (κ3) is 4.27. The molecule has 2 aromatic rings. The molecular weight excluding hydrogens is 449 g/mol. The highest BCUT2D eigenvalue weighted by molar-refractivity contribution is 6.40. The molecule has 0 saturated carbocycles. The molecular formula is C24H25Cl2N3O3. The zero-order valence-corrected chi connectivity index (χ0v) is 19.5. The summed E-state index contributed by atoms with van der Waals surface area (Å²) >= 11 is 12.1. The molecule has 1 atom stereocenters. The summed E-state index contributed by atoms with van der Waals surface area (Å²) in [6.45, 7) is 5.26. The quantitative estimate of drug-likeness (QED) is 0.628. The van der Waals surface area contributed by atoms with Gasteiger partial charge in [0.05, 0.1) is 21.0 Å². The minimum absolute atomic E-state index is 0.155. The maximum absolute atomic E-state index is 12.6. The van der Waals surface area contributed by atoms with E-state index in [0.29, 0.717) is 18.9 Å². The number of aromatic nitrogens is 1. The lowest BCUT2D eigenvalue weighted by Crippen LogP contribution is -2.53. The standard InChI is InChI=1S/C24H25Cl2N3O3/c1-14(28-21-15(2)22(30)24(21)7-9-32-10-8-24)11-16-3-5-17(6-4-16)29-23(31)20-18(25)12-27-13-19(20)26/h3-6,12-14,28H,7-11H2,1-2H3,(H,29,31)/t14-/m0/s1. The number of rotatable bonds is 6. The van der Waals surface area contributed by atoms with Gasteiger partial charge in [-0.2, -0.15) is 0 Å². The highest BCUT2D eigenvalue weighted by atomic mass is 35.5. The van der Waals surface area contributed by atoms with Gasteiger partial charge in [-0.15, -0.1) is 0 Å². The number of ether oxygens (including phenoxy) is 1. The number of anilines is 1. The van der Waals surface area contributed by atoms with Crippen molar-refractivity contribution in [3.05, 3.63) is 69.1 Å². The molecule has 2 N–H and O–H groups in total. The lowest BCUT2D eigenvalue weighted by atomic mass is 9.62. The van der Waals surface area contributed by atoms with Gasteiger partial charge < -0.3 is 15.4 Å². The van der Waals surface area contributed by atoms with Gasteiger partial charge in [0.15, 0.2) is 5.78 Å². The van der Waals surface area contributed by atoms with Gasteiger partial charge >= 0.3 is 0 Å². The molecule has 8 heteroatoms. The number of halogens is 2. The average molecular weight is 474 g/mol. The van der Waals surface area contributed by atoms with Crippen LogP contribution in [0, 0.1) is 5.41 Å². The Balaban J connectivity index is 1.38. The van der Waals surface area contributed by atoms with Gasteiger partial charge in [0.2, 0.25) is 0 Å². The number of pyridine rings is 1. The van der Waals surface area contributed by atoms with Gasteiger partial charge in [-0.05, 0) is 50.8 Å². The van der Waals surface area contributed by atoms with Crippen molar-refractivity contribution in [1.29, 1.82) is 0 Å². The second kappa shape index (κ2) is 9.22. The van der Waals surface area contributed by atoms with Crippen molar-refractivity contribution < 1.29 is 14.3 Å². The number of hydrogen-bond donors (Lipinski definition) is 2. The lowest BCUT2D eigenvalue weighted by molar-refractivity contribution is -0.131. The summed E-state index contributed by atoms with van der Waals surface area (Å²) in [5.41, 5.74) is 3.50. The van der Waals surface area contributed by atoms with Crippen LogP contribution in [0.4, 0.5) is 5.69 Å². The van der Waals surface area contributed by atoms with E-state index in [0.717, 1.165) is 36.1 Å². The fourth-order valence-electron chi connectivity index (χ4n) is 4.52. The minimum Gasteiger partial charge on any atom is -0.384 e. The Bertz CT molecular complexity index is 1060. The number of carbonyl (C=O) groups excluding carboxylic acids is 2. The van der Waals surface area contributed by atoms with E-state index in [1.165, 1.54) is 12.4 Å². The molecule has 2 heterocycles. The van der Waals surface area contributed by atoms with Crippen LogP contribution in [0.25, 0.3) is 0 Å². The molecule has 32 heavy (non-hydrogen) atoms. The van der Waals surface area contributed by atoms with Gasteiger partial charge in [-0.1, -0.05) is 35.3 Å². The van der Waals surface area contributed by atoms with Crippen molar-refractivity contribution in [3.8, 4) is 0 Å². The van der Waals surface area contributed by atoms with E-state index in [4.69, 9.17) is 27.9 Å². The molecule has 4 rings (SSSR count). The van der Waals surface area contributed by atoms with Crippen molar-refractivity contribution in [2.24, 2.45) is 5.41 Å². The van der Waals surface area contributed by atoms with Crippen molar-refractivity contribution >= 4 is 40.6 Å². The smallest absolute Gasteiger partial charge is 0.258 e. The monoisotopic (exact) mass is 473 g/mol. The van der Waals surface area contributed by atoms with Crippen LogP contribution < -0.4 is 10.6 Å². The fraction of sp³-hybridized carbons (Fsp3) is 0.375. The van der Waals surface area contributed by atoms with Crippen LogP contribution >= 0.6 is 23.2 Å². The van der Waals surface area contributed by atoms with Gasteiger partial charge in [0.25, 0.3) is 5.91 Å². The van der Waals surface area contributed by atoms with Crippen molar-refractivity contribution in [1.82, 2.24) is 10.3 Å². The van der Waals surface area contributed by atoms with Gasteiger partial charge in [0, 0.05) is 48.6 Å². The van der Waals surface area contributed by atoms with E-state index in [9.17, 15) is 9.59 Å². The molecule has 0 bridgehead atoms. The zero-order chi connectivity index (χ0) is 22.9. The van der Waals surface area contributed by atoms with Crippen molar-refractivity contribution in [2.45, 2.75) is 39.2 Å². The van der Waals surface area contributed by atoms with Gasteiger partial charge in [-0.25, -0.2) is 0 Å². The van der Waals surface area contributed by atoms with Crippen LogP contribution in [0.2, 0.25) is 10.0 Å². The van der Waals surface area contributed by atoms with E-state index in [-0.39, 0.29) is 38.8 Å². The molecule has 1 aliphatic carbocycles. The van der Waals surface area contributed by atoms with Crippen LogP contribution in [-0.4, -0.2) is 35.9 Å². The topological polar surface area (TPSA) is 80.3 Å². The first kappa shape index (κ1) is 22.8. The van der Waals surface area contributed by atoms with Crippen LogP contribution in [0.15, 0.2) is 47.9 Å². The SMILES string of the molecule is CC1=C(N[C@@H](C)Cc2ccc(NC(=O)c3c(Cl)cncc3Cl)cc2)C2(CCOCC2)C1=O. The predicted octanol–water partition coefficient (Wildman–Crippen LogP) is 4.81. The maximum atomic E-state index is 12.6. The fourth-order valence-corrected chi connectivity index (χ4v) is 5.06. The van der Waals surface area contributed by atoms with Crippen LogP contribution in [0.1, 0.15) is 42.6 Å². The first-order chi connectivity index (χ1) is 15.3. The van der Waals surface area contributed by atoms with Crippen LogP contribution in [0.5, 0.6) is 0 Å². The lowest BCUT2D eigenvalue weighted by Gasteiger charge is -2.47. The zero-order valence-electron chi connectivity index (χ0n) is 18.0. The van der Waals surface area contributed by atoms with Crippen LogP contribution in [-0.2, 0) is 16.0 Å². The maximum Gasteiger partial charge on any atom is 0.258 e. The predicted molar refractivity (Wildman–Crippen MR) is 125 cm³/mol. The number of carbonyl (C=O) groups is 2. The number of benzene rings is 1. The highest BCUT2D eigenvalue weighted by Gasteiger charge is 2.52. The molecule has 2 aliphatic rings. The number of nitrogens with zero attached hydrogens (tertiary/aromatic N) is 1. The summed E-state index contributed by atoms with van der Waals surface area (Å²) in [6.07, 6.45) is 5.05. The van der Waals surface area contributed by atoms with E-state index in [1.807, 2.05) is 31.2 Å². The first-order valence-corrected chi connectivity index (χ1v) is 11.4. The molecule has 1 fully saturated rings. The number of allylic oxidation sites excluding steroid dienone is 2. The third-order valence-electron chi connectivity index (χ3n) is 6.20. The van der Waals surface area contributed by atoms with Crippen LogP contribution in [0.3, 0.4) is 0 Å². The van der Waals surface area contributed by atoms with Crippen molar-refractivity contribution in [2.75, 3.05) is 18.5 Å². The number of amides is 1. The highest BCUT2D eigenvalue weighted by Crippen LogP contribution is 2.48. The number of hydrogen-bond acceptors (Lipinski definition) is 5. The molecule has 0 unspecified atom stereocenters. The molecule has 1 saturated heterocycles. The molecule has 6 nitrogen and oxygen atoms in total. The first-order valence-electron chi connectivity index (χ1n) is 10.6. The number of Topliss-reactive ketones (excluding diaryl/α,β-unsaturated/α-hetero) is 1. The van der Waals surface area contributed by atoms with E-state index < -0.39 is 0 Å². The van der Waals surface area contributed by atoms with E-state index in [2.05, 4.69) is 22.5 Å². The second-order valence-electron chi connectivity index (χ2n) is 8.40. The van der Waals surface area contributed by atoms with E-state index in [1.54, 1.807) is 0 Å². The summed E-state index contributed by atoms with van der Waals surface area (Å²) < 4.78 is 5.46. The number of nitrogens with one attached hydrogen (secondary N) is 2. The molecule has 1 aromatic carbocycles. The van der Waals surface area contributed by atoms with Gasteiger partial charge in [-0.3, -0.25) is 14.6 Å². The van der Waals surface area contributed by atoms with E-state index >= 15 is 0 Å². The Morgan fingerprint density at radius 1 is 1.16 bits per heavy atom. The Hall–Kier alpha value is -2.41. The summed E-state index contributed by atoms with van der Waals surface area (Å²) in [4.78, 5) is 28.9. The summed E-state index contributed by atoms with van der Waals surface area (Å²) in [7, 11) is 0. The Kier molecular flexibility index (Phi) is 6.56. The molecule has 1 aromatic heterocycles. The Labute approximate surface area is 197 Å². The van der Waals surface area contributed by atoms with Gasteiger partial charge in [0.1, 0.15) is 0 Å². The molecule has 1 amide bonds. The molecule has 168 valence electrons. The largest absolute Gasteiger partial charge is 0.384 e. The normalized spacial score (nSPS) is 18.3. The number of ketones is 1.